The molecule has 0 aromatic carbocycles. The third kappa shape index (κ3) is 1.55. The van der Waals surface area contributed by atoms with Crippen molar-refractivity contribution in [3.05, 3.63) is 28.8 Å². The van der Waals surface area contributed by atoms with Gasteiger partial charge in [0.2, 0.25) is 0 Å². The van der Waals surface area contributed by atoms with Crippen LogP contribution < -0.4 is 5.56 Å². The number of nitrogens with one attached hydrogen (secondary N) is 1. The van der Waals surface area contributed by atoms with Gasteiger partial charge in [-0.2, -0.15) is 0 Å². The van der Waals surface area contributed by atoms with E-state index < -0.39 is 9.05 Å². The molecule has 2 aromatic rings. The van der Waals surface area contributed by atoms with E-state index in [2.05, 4.69) is 4.98 Å². The number of hydrogen-bond acceptors (Lipinski definition) is 3. The molecule has 0 aliphatic carbocycles. The monoisotopic (exact) mass is 246 g/mol. The number of aryl methyl sites for hydroxylation is 1. The molecule has 0 saturated carbocycles. The highest BCUT2D eigenvalue weighted by atomic mass is 35.7. The Morgan fingerprint density at radius 1 is 1.47 bits per heavy atom. The van der Waals surface area contributed by atoms with Crippen LogP contribution in [-0.4, -0.2) is 18.0 Å². The largest absolute Gasteiger partial charge is 0.355 e. The molecular weight excluding hydrogens is 240 g/mol. The third-order valence-electron chi connectivity index (χ3n) is 2.14. The third-order valence-corrected chi connectivity index (χ3v) is 3.51. The molecule has 0 atom stereocenters. The van der Waals surface area contributed by atoms with Gasteiger partial charge in [0, 0.05) is 35.5 Å². The van der Waals surface area contributed by atoms with Crippen molar-refractivity contribution in [3.63, 3.8) is 0 Å². The Kier molecular flexibility index (Phi) is 2.13. The van der Waals surface area contributed by atoms with Crippen molar-refractivity contribution < 1.29 is 8.42 Å². The van der Waals surface area contributed by atoms with Gasteiger partial charge in [0.1, 0.15) is 10.4 Å². The lowest BCUT2D eigenvalue weighted by Crippen LogP contribution is -2.15. The van der Waals surface area contributed by atoms with Crippen LogP contribution in [0.1, 0.15) is 0 Å². The number of fused-ring (bicyclic) bond motifs is 1. The summed E-state index contributed by atoms with van der Waals surface area (Å²) in [6, 6.07) is 1.53. The maximum atomic E-state index is 11.6. The predicted molar refractivity (Wildman–Crippen MR) is 56.6 cm³/mol. The summed E-state index contributed by atoms with van der Waals surface area (Å²) in [6.07, 6.45) is 2.71. The minimum atomic E-state index is -3.82. The molecule has 0 fully saturated rings. The Bertz CT molecular complexity index is 683. The van der Waals surface area contributed by atoms with Gasteiger partial charge in [-0.3, -0.25) is 4.79 Å². The highest BCUT2D eigenvalue weighted by Crippen LogP contribution is 2.23. The van der Waals surface area contributed by atoms with E-state index in [1.165, 1.54) is 23.0 Å². The number of nitrogens with zero attached hydrogens (tertiary/aromatic N) is 1. The van der Waals surface area contributed by atoms with Crippen molar-refractivity contribution in [2.24, 2.45) is 7.05 Å². The number of hydrogen-bond donors (Lipinski definition) is 1. The average molecular weight is 247 g/mol. The van der Waals surface area contributed by atoms with Gasteiger partial charge < -0.3 is 9.55 Å². The fraction of sp³-hybridized carbons (Fsp3) is 0.125. The van der Waals surface area contributed by atoms with Gasteiger partial charge in [-0.05, 0) is 6.07 Å². The van der Waals surface area contributed by atoms with Crippen LogP contribution in [0.3, 0.4) is 0 Å². The summed E-state index contributed by atoms with van der Waals surface area (Å²) in [5.41, 5.74) is -0.0571. The van der Waals surface area contributed by atoms with Gasteiger partial charge in [0.05, 0.1) is 0 Å². The van der Waals surface area contributed by atoms with Crippen molar-refractivity contribution in [2.75, 3.05) is 0 Å². The first-order valence-electron chi connectivity index (χ1n) is 4.02. The molecule has 5 nitrogen and oxygen atoms in total. The SMILES string of the molecule is Cn1ccc2c(S(=O)(=O)Cl)c[nH]c2c1=O. The molecule has 2 heterocycles. The minimum Gasteiger partial charge on any atom is -0.355 e. The zero-order chi connectivity index (χ0) is 11.2. The molecule has 0 saturated heterocycles. The highest BCUT2D eigenvalue weighted by molar-refractivity contribution is 8.14. The fourth-order valence-corrected chi connectivity index (χ4v) is 2.41. The summed E-state index contributed by atoms with van der Waals surface area (Å²) < 4.78 is 23.6. The molecule has 0 unspecified atom stereocenters. The van der Waals surface area contributed by atoms with Crippen LogP contribution in [0.2, 0.25) is 0 Å². The van der Waals surface area contributed by atoms with Crippen molar-refractivity contribution in [2.45, 2.75) is 4.90 Å². The van der Waals surface area contributed by atoms with E-state index in [0.717, 1.165) is 0 Å². The van der Waals surface area contributed by atoms with Crippen LogP contribution in [0, 0.1) is 0 Å². The van der Waals surface area contributed by atoms with Gasteiger partial charge in [0.25, 0.3) is 14.6 Å². The molecule has 0 aliphatic heterocycles. The molecule has 15 heavy (non-hydrogen) atoms. The lowest BCUT2D eigenvalue weighted by atomic mass is 10.3. The Balaban J connectivity index is 2.97. The van der Waals surface area contributed by atoms with Gasteiger partial charge in [0.15, 0.2) is 0 Å². The Morgan fingerprint density at radius 2 is 2.13 bits per heavy atom. The zero-order valence-corrected chi connectivity index (χ0v) is 9.26. The van der Waals surface area contributed by atoms with Crippen molar-refractivity contribution in [1.29, 1.82) is 0 Å². The second kappa shape index (κ2) is 3.11. The van der Waals surface area contributed by atoms with Crippen LogP contribution in [-0.2, 0) is 16.1 Å². The van der Waals surface area contributed by atoms with E-state index in [4.69, 9.17) is 10.7 Å². The number of halogens is 1. The Labute approximate surface area is 89.7 Å². The molecule has 2 aromatic heterocycles. The lowest BCUT2D eigenvalue weighted by Gasteiger charge is -1.96. The topological polar surface area (TPSA) is 71.9 Å². The summed E-state index contributed by atoms with van der Waals surface area (Å²) in [5.74, 6) is 0. The van der Waals surface area contributed by atoms with E-state index in [0.29, 0.717) is 5.39 Å². The van der Waals surface area contributed by atoms with Crippen LogP contribution in [0.25, 0.3) is 10.9 Å². The van der Waals surface area contributed by atoms with E-state index in [1.807, 2.05) is 0 Å². The molecule has 80 valence electrons. The summed E-state index contributed by atoms with van der Waals surface area (Å²) in [4.78, 5) is 14.1. The van der Waals surface area contributed by atoms with Gasteiger partial charge in [-0.1, -0.05) is 0 Å². The predicted octanol–water partition coefficient (Wildman–Crippen LogP) is 0.794. The van der Waals surface area contributed by atoms with Crippen LogP contribution in [0.5, 0.6) is 0 Å². The van der Waals surface area contributed by atoms with Gasteiger partial charge in [-0.15, -0.1) is 0 Å². The first kappa shape index (κ1) is 10.3. The molecule has 1 N–H and O–H groups in total. The number of aromatic amines is 1. The molecule has 0 spiro atoms. The number of pyridine rings is 1. The summed E-state index contributed by atoms with van der Waals surface area (Å²) in [6.45, 7) is 0. The zero-order valence-electron chi connectivity index (χ0n) is 7.69. The fourth-order valence-electron chi connectivity index (χ4n) is 1.39. The van der Waals surface area contributed by atoms with Crippen LogP contribution >= 0.6 is 10.7 Å². The van der Waals surface area contributed by atoms with Crippen molar-refractivity contribution >= 4 is 30.6 Å². The highest BCUT2D eigenvalue weighted by Gasteiger charge is 2.17. The van der Waals surface area contributed by atoms with E-state index in [-0.39, 0.29) is 16.0 Å². The van der Waals surface area contributed by atoms with Crippen LogP contribution in [0.15, 0.2) is 28.2 Å². The molecular formula is C8H7ClN2O3S. The summed E-state index contributed by atoms with van der Waals surface area (Å²) in [5, 5.41) is 0.313. The van der Waals surface area contributed by atoms with Gasteiger partial charge >= 0.3 is 0 Å². The molecule has 0 radical (unpaired) electrons. The van der Waals surface area contributed by atoms with E-state index >= 15 is 0 Å². The maximum Gasteiger partial charge on any atom is 0.274 e. The van der Waals surface area contributed by atoms with E-state index in [9.17, 15) is 13.2 Å². The smallest absolute Gasteiger partial charge is 0.274 e. The normalized spacial score (nSPS) is 12.1. The number of H-pyrrole nitrogens is 1. The number of aromatic nitrogens is 2. The Hall–Kier alpha value is -1.27. The summed E-state index contributed by atoms with van der Waals surface area (Å²) >= 11 is 0. The van der Waals surface area contributed by atoms with Crippen molar-refractivity contribution in [3.8, 4) is 0 Å². The first-order valence-corrected chi connectivity index (χ1v) is 6.33. The first-order chi connectivity index (χ1) is 6.91. The lowest BCUT2D eigenvalue weighted by molar-refractivity contribution is 0.610. The minimum absolute atomic E-state index is 0.0723. The standard InChI is InChI=1S/C8H7ClN2O3S/c1-11-3-2-5-6(15(9,13)14)4-10-7(5)8(11)12/h2-4,10H,1H3. The molecule has 0 amide bonds. The quantitative estimate of drug-likeness (QED) is 0.757. The molecule has 0 bridgehead atoms. The van der Waals surface area contributed by atoms with Crippen molar-refractivity contribution in [1.82, 2.24) is 9.55 Å². The van der Waals surface area contributed by atoms with Crippen LogP contribution in [0.4, 0.5) is 0 Å². The maximum absolute atomic E-state index is 11.6. The molecule has 7 heteroatoms. The summed E-state index contributed by atoms with van der Waals surface area (Å²) in [7, 11) is 2.97. The molecule has 2 rings (SSSR count). The van der Waals surface area contributed by atoms with Gasteiger partial charge in [-0.25, -0.2) is 8.42 Å². The molecule has 0 aliphatic rings. The Morgan fingerprint density at radius 3 is 2.73 bits per heavy atom. The average Bonchev–Trinajstić information content (AvgIpc) is 2.54. The number of rotatable bonds is 1. The van der Waals surface area contributed by atoms with E-state index in [1.54, 1.807) is 7.05 Å². The second-order valence-electron chi connectivity index (χ2n) is 3.11. The second-order valence-corrected chi connectivity index (χ2v) is 5.65.